The van der Waals surface area contributed by atoms with Gasteiger partial charge in [-0.2, -0.15) is 0 Å². The molecule has 2 aliphatic rings. The smallest absolute Gasteiger partial charge is 0.261 e. The van der Waals surface area contributed by atoms with Crippen molar-refractivity contribution >= 4 is 17.2 Å². The first-order valence-electron chi connectivity index (χ1n) is 8.71. The average Bonchev–Trinajstić information content (AvgIpc) is 3.40. The second-order valence-electron chi connectivity index (χ2n) is 6.31. The zero-order valence-corrected chi connectivity index (χ0v) is 15.1. The molecule has 0 radical (unpaired) electrons. The van der Waals surface area contributed by atoms with Crippen molar-refractivity contribution in [2.45, 2.75) is 6.04 Å². The van der Waals surface area contributed by atoms with Crippen LogP contribution in [-0.4, -0.2) is 38.9 Å². The summed E-state index contributed by atoms with van der Waals surface area (Å²) in [6, 6.07) is 10.0. The molecule has 0 aliphatic carbocycles. The summed E-state index contributed by atoms with van der Waals surface area (Å²) in [6.45, 7) is 3.37. The van der Waals surface area contributed by atoms with Crippen LogP contribution in [0.4, 0.5) is 0 Å². The summed E-state index contributed by atoms with van der Waals surface area (Å²) in [6.07, 6.45) is 0. The molecule has 0 saturated carbocycles. The summed E-state index contributed by atoms with van der Waals surface area (Å²) in [7, 11) is 0. The lowest BCUT2D eigenvalue weighted by Crippen LogP contribution is -2.35. The van der Waals surface area contributed by atoms with Crippen molar-refractivity contribution in [2.75, 3.05) is 33.0 Å². The number of benzene rings is 1. The Hall–Kier alpha value is -2.13. The molecule has 3 heterocycles. The monoisotopic (exact) mass is 374 g/mol. The minimum Gasteiger partial charge on any atom is -0.454 e. The highest BCUT2D eigenvalue weighted by atomic mass is 32.1. The van der Waals surface area contributed by atoms with E-state index < -0.39 is 0 Å². The van der Waals surface area contributed by atoms with Gasteiger partial charge in [-0.05, 0) is 29.1 Å². The van der Waals surface area contributed by atoms with Crippen LogP contribution in [0.3, 0.4) is 0 Å². The molecule has 2 aliphatic heterocycles. The van der Waals surface area contributed by atoms with Crippen LogP contribution in [0.5, 0.6) is 11.5 Å². The molecule has 2 unspecified atom stereocenters. The van der Waals surface area contributed by atoms with E-state index in [1.54, 1.807) is 0 Å². The van der Waals surface area contributed by atoms with E-state index in [2.05, 4.69) is 27.6 Å². The van der Waals surface area contributed by atoms with Crippen LogP contribution in [0.2, 0.25) is 0 Å². The first-order valence-corrected chi connectivity index (χ1v) is 9.59. The number of amides is 1. The maximum absolute atomic E-state index is 11.9. The molecular formula is C18H22N4O3S. The largest absolute Gasteiger partial charge is 0.454 e. The Morgan fingerprint density at radius 3 is 3.04 bits per heavy atom. The number of hydrogen-bond acceptors (Lipinski definition) is 7. The van der Waals surface area contributed by atoms with Crippen molar-refractivity contribution < 1.29 is 14.3 Å². The third kappa shape index (κ3) is 3.83. The summed E-state index contributed by atoms with van der Waals surface area (Å²) in [5, 5.41) is 8.27. The Labute approximate surface area is 156 Å². The van der Waals surface area contributed by atoms with Gasteiger partial charge in [0.15, 0.2) is 11.5 Å². The van der Waals surface area contributed by atoms with Gasteiger partial charge in [-0.25, -0.2) is 5.43 Å². The van der Waals surface area contributed by atoms with Crippen LogP contribution in [-0.2, 0) is 0 Å². The molecule has 0 bridgehead atoms. The van der Waals surface area contributed by atoms with Gasteiger partial charge in [-0.15, -0.1) is 11.3 Å². The first kappa shape index (κ1) is 17.3. The number of carbonyl (C=O) groups excluding carboxylic acids is 1. The van der Waals surface area contributed by atoms with Crippen LogP contribution in [0.15, 0.2) is 35.7 Å². The highest BCUT2D eigenvalue weighted by Gasteiger charge is 2.29. The van der Waals surface area contributed by atoms with Gasteiger partial charge in [0.05, 0.1) is 10.9 Å². The number of fused-ring (bicyclic) bond motifs is 1. The van der Waals surface area contributed by atoms with Crippen molar-refractivity contribution in [3.63, 3.8) is 0 Å². The van der Waals surface area contributed by atoms with E-state index in [1.165, 1.54) is 16.9 Å². The Bertz CT molecular complexity index is 753. The van der Waals surface area contributed by atoms with Gasteiger partial charge in [-0.3, -0.25) is 10.2 Å². The fourth-order valence-corrected chi connectivity index (χ4v) is 3.87. The van der Waals surface area contributed by atoms with E-state index in [9.17, 15) is 4.79 Å². The second-order valence-corrected chi connectivity index (χ2v) is 7.26. The lowest BCUT2D eigenvalue weighted by Gasteiger charge is -2.19. The summed E-state index contributed by atoms with van der Waals surface area (Å²) in [4.78, 5) is 12.6. The van der Waals surface area contributed by atoms with Crippen molar-refractivity contribution in [1.29, 1.82) is 0 Å². The lowest BCUT2D eigenvalue weighted by atomic mass is 9.94. The van der Waals surface area contributed by atoms with Crippen LogP contribution in [0, 0.1) is 5.92 Å². The van der Waals surface area contributed by atoms with Gasteiger partial charge in [0.2, 0.25) is 6.79 Å². The van der Waals surface area contributed by atoms with Crippen LogP contribution in [0.25, 0.3) is 0 Å². The topological polar surface area (TPSA) is 83.7 Å². The Kier molecular flexibility index (Phi) is 5.35. The van der Waals surface area contributed by atoms with Crippen LogP contribution < -0.4 is 31.0 Å². The summed E-state index contributed by atoms with van der Waals surface area (Å²) in [5.41, 5.74) is 7.75. The van der Waals surface area contributed by atoms with E-state index in [-0.39, 0.29) is 18.7 Å². The van der Waals surface area contributed by atoms with Crippen molar-refractivity contribution in [3.05, 3.63) is 46.2 Å². The van der Waals surface area contributed by atoms with Crippen LogP contribution in [0.1, 0.15) is 21.3 Å². The van der Waals surface area contributed by atoms with E-state index in [0.29, 0.717) is 12.5 Å². The minimum atomic E-state index is -0.00997. The molecule has 1 amide bonds. The molecule has 4 N–H and O–H groups in total. The zero-order chi connectivity index (χ0) is 17.8. The second kappa shape index (κ2) is 8.05. The Morgan fingerprint density at radius 2 is 2.15 bits per heavy atom. The maximum atomic E-state index is 11.9. The fourth-order valence-electron chi connectivity index (χ4n) is 3.23. The number of rotatable bonds is 7. The normalized spacial score (nSPS) is 21.1. The standard InChI is InChI=1S/C18H22N4O3S/c23-18(16-2-1-7-26-16)20-6-5-19-9-13-10-21-22-17(13)12-3-4-14-15(8-12)25-11-24-14/h1-4,7-8,13,17,19,21-22H,5-6,9-11H2,(H,20,23). The molecule has 2 atom stereocenters. The molecule has 1 saturated heterocycles. The first-order chi connectivity index (χ1) is 12.8. The number of carbonyl (C=O) groups is 1. The molecule has 8 heteroatoms. The summed E-state index contributed by atoms with van der Waals surface area (Å²) < 4.78 is 10.9. The highest BCUT2D eigenvalue weighted by Crippen LogP contribution is 2.36. The van der Waals surface area contributed by atoms with E-state index in [4.69, 9.17) is 9.47 Å². The molecule has 1 fully saturated rings. The number of thiophene rings is 1. The SMILES string of the molecule is O=C(NCCNCC1CNNC1c1ccc2c(c1)OCO2)c1cccs1. The van der Waals surface area contributed by atoms with Gasteiger partial charge in [0, 0.05) is 32.1 Å². The van der Waals surface area contributed by atoms with Gasteiger partial charge in [0.1, 0.15) is 0 Å². The molecule has 1 aromatic carbocycles. The quantitative estimate of drug-likeness (QED) is 0.546. The van der Waals surface area contributed by atoms with Crippen LogP contribution >= 0.6 is 11.3 Å². The molecular weight excluding hydrogens is 352 g/mol. The van der Waals surface area contributed by atoms with E-state index >= 15 is 0 Å². The maximum Gasteiger partial charge on any atom is 0.261 e. The molecule has 4 rings (SSSR count). The fraction of sp³-hybridized carbons (Fsp3) is 0.389. The number of hydrazine groups is 1. The average molecular weight is 374 g/mol. The van der Waals surface area contributed by atoms with Gasteiger partial charge < -0.3 is 20.1 Å². The number of ether oxygens (including phenoxy) is 2. The van der Waals surface area contributed by atoms with Crippen molar-refractivity contribution in [2.24, 2.45) is 5.92 Å². The minimum absolute atomic E-state index is 0.00997. The predicted octanol–water partition coefficient (Wildman–Crippen LogP) is 1.26. The van der Waals surface area contributed by atoms with E-state index in [0.717, 1.165) is 36.0 Å². The predicted molar refractivity (Wildman–Crippen MR) is 99.5 cm³/mol. The van der Waals surface area contributed by atoms with Crippen molar-refractivity contribution in [3.8, 4) is 11.5 Å². The van der Waals surface area contributed by atoms with Gasteiger partial charge >= 0.3 is 0 Å². The molecule has 26 heavy (non-hydrogen) atoms. The molecule has 0 spiro atoms. The van der Waals surface area contributed by atoms with Gasteiger partial charge in [0.25, 0.3) is 5.91 Å². The van der Waals surface area contributed by atoms with Crippen molar-refractivity contribution in [1.82, 2.24) is 21.5 Å². The Balaban J connectivity index is 1.23. The highest BCUT2D eigenvalue weighted by molar-refractivity contribution is 7.12. The summed E-state index contributed by atoms with van der Waals surface area (Å²) in [5.74, 6) is 2.00. The molecule has 1 aromatic heterocycles. The number of nitrogens with one attached hydrogen (secondary N) is 4. The summed E-state index contributed by atoms with van der Waals surface area (Å²) >= 11 is 1.45. The zero-order valence-electron chi connectivity index (χ0n) is 14.3. The molecule has 138 valence electrons. The third-order valence-electron chi connectivity index (χ3n) is 4.59. The number of hydrogen-bond donors (Lipinski definition) is 4. The Morgan fingerprint density at radius 1 is 1.23 bits per heavy atom. The lowest BCUT2D eigenvalue weighted by molar-refractivity contribution is 0.0958. The molecule has 2 aromatic rings. The molecule has 7 nitrogen and oxygen atoms in total. The van der Waals surface area contributed by atoms with Gasteiger partial charge in [-0.1, -0.05) is 12.1 Å². The van der Waals surface area contributed by atoms with E-state index in [1.807, 2.05) is 29.6 Å². The third-order valence-corrected chi connectivity index (χ3v) is 5.46.